The van der Waals surface area contributed by atoms with Crippen LogP contribution in [0.3, 0.4) is 0 Å². The van der Waals surface area contributed by atoms with E-state index in [2.05, 4.69) is 10.3 Å². The number of rotatable bonds is 7. The molecule has 1 aromatic carbocycles. The summed E-state index contributed by atoms with van der Waals surface area (Å²) in [6, 6.07) is 3.49. The Bertz CT molecular complexity index is 687. The summed E-state index contributed by atoms with van der Waals surface area (Å²) in [5, 5.41) is 5.21. The third kappa shape index (κ3) is 3.91. The summed E-state index contributed by atoms with van der Waals surface area (Å²) in [6.45, 7) is 0.597. The number of hydrogen-bond acceptors (Lipinski definition) is 7. The molecule has 124 valence electrons. The molecule has 2 aromatic rings. The quantitative estimate of drug-likeness (QED) is 0.796. The fraction of sp³-hybridized carbons (Fsp3) is 0.333. The zero-order chi connectivity index (χ0) is 16.8. The Balaban J connectivity index is 2.14. The fourth-order valence-corrected chi connectivity index (χ4v) is 2.66. The van der Waals surface area contributed by atoms with Crippen LogP contribution < -0.4 is 25.3 Å². The Kier molecular flexibility index (Phi) is 5.78. The van der Waals surface area contributed by atoms with E-state index >= 15 is 0 Å². The number of benzene rings is 1. The molecular formula is C15H19N3O4S. The molecule has 8 heteroatoms. The number of nitrogens with two attached hydrogens (primary N) is 1. The van der Waals surface area contributed by atoms with Crippen molar-refractivity contribution in [1.29, 1.82) is 0 Å². The van der Waals surface area contributed by atoms with E-state index in [1.165, 1.54) is 11.3 Å². The smallest absolute Gasteiger partial charge is 0.271 e. The molecule has 7 nitrogen and oxygen atoms in total. The number of carbonyl (C=O) groups excluding carboxylic acids is 1. The summed E-state index contributed by atoms with van der Waals surface area (Å²) in [5.74, 6) is 1.46. The van der Waals surface area contributed by atoms with Crippen molar-refractivity contribution in [2.45, 2.75) is 13.1 Å². The fourth-order valence-electron chi connectivity index (χ4n) is 2.01. The maximum Gasteiger partial charge on any atom is 0.271 e. The normalized spacial score (nSPS) is 10.3. The Labute approximate surface area is 138 Å². The van der Waals surface area contributed by atoms with Gasteiger partial charge < -0.3 is 25.3 Å². The van der Waals surface area contributed by atoms with Crippen LogP contribution in [0.2, 0.25) is 0 Å². The van der Waals surface area contributed by atoms with Gasteiger partial charge in [0.1, 0.15) is 16.5 Å². The predicted molar refractivity (Wildman–Crippen MR) is 87.3 cm³/mol. The SMILES string of the molecule is COc1cc(OC)c(OC)cc1CNC(=O)c1csc(CN)n1. The highest BCUT2D eigenvalue weighted by molar-refractivity contribution is 7.09. The molecule has 0 radical (unpaired) electrons. The summed E-state index contributed by atoms with van der Waals surface area (Å²) in [7, 11) is 4.66. The van der Waals surface area contributed by atoms with Crippen molar-refractivity contribution in [2.75, 3.05) is 21.3 Å². The number of ether oxygens (including phenoxy) is 3. The minimum atomic E-state index is -0.266. The third-order valence-electron chi connectivity index (χ3n) is 3.18. The molecule has 0 bridgehead atoms. The Hall–Kier alpha value is -2.32. The zero-order valence-corrected chi connectivity index (χ0v) is 14.0. The van der Waals surface area contributed by atoms with Crippen LogP contribution in [0, 0.1) is 0 Å². The predicted octanol–water partition coefficient (Wildman–Crippen LogP) is 1.56. The Morgan fingerprint density at radius 1 is 1.17 bits per heavy atom. The summed E-state index contributed by atoms with van der Waals surface area (Å²) in [5.41, 5.74) is 6.63. The van der Waals surface area contributed by atoms with E-state index in [0.717, 1.165) is 10.6 Å². The van der Waals surface area contributed by atoms with Crippen molar-refractivity contribution >= 4 is 17.2 Å². The second kappa shape index (κ2) is 7.80. The van der Waals surface area contributed by atoms with Crippen LogP contribution in [0.4, 0.5) is 0 Å². The lowest BCUT2D eigenvalue weighted by Gasteiger charge is -2.14. The number of nitrogens with one attached hydrogen (secondary N) is 1. The molecule has 0 spiro atoms. The standard InChI is InChI=1S/C15H19N3O4S/c1-20-11-5-13(22-3)12(21-2)4-9(11)7-17-15(19)10-8-23-14(6-16)18-10/h4-5,8H,6-7,16H2,1-3H3,(H,17,19). The molecule has 0 atom stereocenters. The molecule has 0 fully saturated rings. The van der Waals surface area contributed by atoms with Crippen LogP contribution in [0.25, 0.3) is 0 Å². The van der Waals surface area contributed by atoms with E-state index in [0.29, 0.717) is 29.5 Å². The summed E-state index contributed by atoms with van der Waals surface area (Å²) < 4.78 is 15.8. The van der Waals surface area contributed by atoms with E-state index in [-0.39, 0.29) is 12.5 Å². The van der Waals surface area contributed by atoms with Crippen LogP contribution in [-0.2, 0) is 13.1 Å². The first kappa shape index (κ1) is 17.0. The number of hydrogen-bond donors (Lipinski definition) is 2. The average Bonchev–Trinajstić information content (AvgIpc) is 3.07. The number of carbonyl (C=O) groups is 1. The van der Waals surface area contributed by atoms with Gasteiger partial charge in [-0.05, 0) is 6.07 Å². The monoisotopic (exact) mass is 337 g/mol. The summed E-state index contributed by atoms with van der Waals surface area (Å²) in [6.07, 6.45) is 0. The molecule has 0 aliphatic carbocycles. The third-order valence-corrected chi connectivity index (χ3v) is 4.06. The highest BCUT2D eigenvalue weighted by atomic mass is 32.1. The average molecular weight is 337 g/mol. The molecule has 0 aliphatic rings. The molecule has 0 saturated heterocycles. The van der Waals surface area contributed by atoms with Gasteiger partial charge in [0.25, 0.3) is 5.91 Å². The second-order valence-electron chi connectivity index (χ2n) is 4.53. The zero-order valence-electron chi connectivity index (χ0n) is 13.2. The first-order chi connectivity index (χ1) is 11.1. The van der Waals surface area contributed by atoms with Gasteiger partial charge in [-0.25, -0.2) is 4.98 Å². The van der Waals surface area contributed by atoms with Crippen LogP contribution in [-0.4, -0.2) is 32.2 Å². The van der Waals surface area contributed by atoms with E-state index in [1.807, 2.05) is 0 Å². The number of nitrogens with zero attached hydrogens (tertiary/aromatic N) is 1. The molecule has 1 amide bonds. The van der Waals surface area contributed by atoms with Gasteiger partial charge in [-0.2, -0.15) is 0 Å². The molecule has 1 aromatic heterocycles. The van der Waals surface area contributed by atoms with Gasteiger partial charge in [-0.3, -0.25) is 4.79 Å². The van der Waals surface area contributed by atoms with Crippen molar-refractivity contribution in [1.82, 2.24) is 10.3 Å². The molecule has 0 unspecified atom stereocenters. The Morgan fingerprint density at radius 2 is 1.83 bits per heavy atom. The van der Waals surface area contributed by atoms with Gasteiger partial charge in [0, 0.05) is 30.1 Å². The lowest BCUT2D eigenvalue weighted by molar-refractivity contribution is 0.0946. The van der Waals surface area contributed by atoms with Crippen LogP contribution in [0.15, 0.2) is 17.5 Å². The van der Waals surface area contributed by atoms with E-state index in [9.17, 15) is 4.79 Å². The van der Waals surface area contributed by atoms with E-state index in [1.54, 1.807) is 38.8 Å². The first-order valence-corrected chi connectivity index (χ1v) is 7.72. The topological polar surface area (TPSA) is 95.7 Å². The first-order valence-electron chi connectivity index (χ1n) is 6.84. The van der Waals surface area contributed by atoms with Gasteiger partial charge in [-0.1, -0.05) is 0 Å². The molecular weight excluding hydrogens is 318 g/mol. The van der Waals surface area contributed by atoms with Crippen LogP contribution >= 0.6 is 11.3 Å². The van der Waals surface area contributed by atoms with Crippen LogP contribution in [0.5, 0.6) is 17.2 Å². The molecule has 2 rings (SSSR count). The number of thiazole rings is 1. The van der Waals surface area contributed by atoms with E-state index < -0.39 is 0 Å². The Morgan fingerprint density at radius 3 is 2.39 bits per heavy atom. The van der Waals surface area contributed by atoms with Gasteiger partial charge in [0.15, 0.2) is 11.5 Å². The highest BCUT2D eigenvalue weighted by Gasteiger charge is 2.14. The van der Waals surface area contributed by atoms with Crippen LogP contribution in [0.1, 0.15) is 21.1 Å². The number of methoxy groups -OCH3 is 3. The lowest BCUT2D eigenvalue weighted by atomic mass is 10.1. The van der Waals surface area contributed by atoms with Crippen molar-refractivity contribution in [3.05, 3.63) is 33.8 Å². The van der Waals surface area contributed by atoms with Crippen molar-refractivity contribution < 1.29 is 19.0 Å². The minimum Gasteiger partial charge on any atom is -0.496 e. The largest absolute Gasteiger partial charge is 0.496 e. The maximum absolute atomic E-state index is 12.1. The van der Waals surface area contributed by atoms with E-state index in [4.69, 9.17) is 19.9 Å². The maximum atomic E-state index is 12.1. The molecule has 23 heavy (non-hydrogen) atoms. The summed E-state index contributed by atoms with van der Waals surface area (Å²) >= 11 is 1.36. The van der Waals surface area contributed by atoms with Crippen molar-refractivity contribution in [2.24, 2.45) is 5.73 Å². The van der Waals surface area contributed by atoms with Crippen molar-refractivity contribution in [3.63, 3.8) is 0 Å². The lowest BCUT2D eigenvalue weighted by Crippen LogP contribution is -2.23. The van der Waals surface area contributed by atoms with Gasteiger partial charge in [-0.15, -0.1) is 11.3 Å². The molecule has 1 heterocycles. The minimum absolute atomic E-state index is 0.266. The summed E-state index contributed by atoms with van der Waals surface area (Å²) in [4.78, 5) is 16.3. The van der Waals surface area contributed by atoms with Crippen molar-refractivity contribution in [3.8, 4) is 17.2 Å². The van der Waals surface area contributed by atoms with Gasteiger partial charge >= 0.3 is 0 Å². The number of aromatic nitrogens is 1. The molecule has 0 aliphatic heterocycles. The van der Waals surface area contributed by atoms with Gasteiger partial charge in [0.2, 0.25) is 0 Å². The molecule has 0 saturated carbocycles. The number of amides is 1. The highest BCUT2D eigenvalue weighted by Crippen LogP contribution is 2.34. The molecule has 3 N–H and O–H groups in total. The second-order valence-corrected chi connectivity index (χ2v) is 5.47. The van der Waals surface area contributed by atoms with Gasteiger partial charge in [0.05, 0.1) is 21.3 Å².